The predicted molar refractivity (Wildman–Crippen MR) is 83.2 cm³/mol. The first kappa shape index (κ1) is 14.8. The lowest BCUT2D eigenvalue weighted by Crippen LogP contribution is -2.08. The molecule has 100 valence electrons. The van der Waals surface area contributed by atoms with Gasteiger partial charge in [-0.15, -0.1) is 0 Å². The van der Waals surface area contributed by atoms with Crippen LogP contribution in [0.5, 0.6) is 0 Å². The van der Waals surface area contributed by atoms with Crippen LogP contribution in [0.1, 0.15) is 51.5 Å². The fraction of sp³-hybridized carbons (Fsp3) is 0.529. The summed E-state index contributed by atoms with van der Waals surface area (Å²) in [4.78, 5) is 2.14. The van der Waals surface area contributed by atoms with Gasteiger partial charge in [-0.3, -0.25) is 0 Å². The van der Waals surface area contributed by atoms with Crippen LogP contribution in [0.3, 0.4) is 0 Å². The maximum atomic E-state index is 2.26. The van der Waals surface area contributed by atoms with Gasteiger partial charge < -0.3 is 4.90 Å². The number of rotatable bonds is 7. The van der Waals surface area contributed by atoms with Gasteiger partial charge in [-0.25, -0.2) is 0 Å². The zero-order valence-corrected chi connectivity index (χ0v) is 12.4. The molecule has 0 spiro atoms. The summed E-state index contributed by atoms with van der Waals surface area (Å²) in [5.74, 6) is 0. The Bertz CT molecular complexity index is 360. The van der Waals surface area contributed by atoms with Crippen LogP contribution < -0.4 is 4.90 Å². The summed E-state index contributed by atoms with van der Waals surface area (Å²) in [6, 6.07) is 8.88. The topological polar surface area (TPSA) is 3.24 Å². The second kappa shape index (κ2) is 7.97. The van der Waals surface area contributed by atoms with Gasteiger partial charge in [-0.1, -0.05) is 44.4 Å². The molecular weight excluding hydrogens is 218 g/mol. The molecule has 0 aliphatic rings. The number of anilines is 1. The molecule has 1 nitrogen and oxygen atoms in total. The van der Waals surface area contributed by atoms with Gasteiger partial charge in [0.25, 0.3) is 0 Å². The van der Waals surface area contributed by atoms with Crippen molar-refractivity contribution in [1.82, 2.24) is 0 Å². The van der Waals surface area contributed by atoms with Crippen LogP contribution in [0, 0.1) is 0 Å². The Labute approximate surface area is 113 Å². The first-order valence-corrected chi connectivity index (χ1v) is 7.12. The lowest BCUT2D eigenvalue weighted by atomic mass is 9.99. The molecule has 0 N–H and O–H groups in total. The highest BCUT2D eigenvalue weighted by Crippen LogP contribution is 2.23. The smallest absolute Gasteiger partial charge is 0.0361 e. The van der Waals surface area contributed by atoms with E-state index in [0.717, 1.165) is 0 Å². The third-order valence-corrected chi connectivity index (χ3v) is 3.40. The molecule has 0 aliphatic carbocycles. The Morgan fingerprint density at radius 2 is 1.72 bits per heavy atom. The van der Waals surface area contributed by atoms with Crippen molar-refractivity contribution >= 4 is 11.3 Å². The molecule has 0 saturated carbocycles. The average Bonchev–Trinajstić information content (AvgIpc) is 2.39. The quantitative estimate of drug-likeness (QED) is 0.602. The van der Waals surface area contributed by atoms with Crippen LogP contribution >= 0.6 is 0 Å². The summed E-state index contributed by atoms with van der Waals surface area (Å²) >= 11 is 0. The Morgan fingerprint density at radius 3 is 2.22 bits per heavy atom. The van der Waals surface area contributed by atoms with Crippen LogP contribution in [0.15, 0.2) is 30.3 Å². The zero-order chi connectivity index (χ0) is 13.4. The molecule has 0 heterocycles. The highest BCUT2D eigenvalue weighted by Gasteiger charge is 2.02. The number of nitrogens with zero attached hydrogens (tertiary/aromatic N) is 1. The van der Waals surface area contributed by atoms with Crippen LogP contribution in [0.4, 0.5) is 5.69 Å². The summed E-state index contributed by atoms with van der Waals surface area (Å²) in [5.41, 5.74) is 4.12. The fourth-order valence-electron chi connectivity index (χ4n) is 2.17. The Hall–Kier alpha value is -1.24. The molecule has 0 atom stereocenters. The van der Waals surface area contributed by atoms with E-state index in [2.05, 4.69) is 63.2 Å². The van der Waals surface area contributed by atoms with Gasteiger partial charge in [0.1, 0.15) is 0 Å². The van der Waals surface area contributed by atoms with Crippen LogP contribution in [0.2, 0.25) is 0 Å². The summed E-state index contributed by atoms with van der Waals surface area (Å²) in [5, 5.41) is 0. The normalized spacial score (nSPS) is 11.7. The monoisotopic (exact) mass is 245 g/mol. The molecule has 0 aliphatic heterocycles. The Kier molecular flexibility index (Phi) is 6.56. The standard InChI is InChI=1S/C17H27N/c1-5-7-8-9-10-15(6-2)16-11-13-17(14-12-16)18(3)4/h6,11-14H,5,7-10H2,1-4H3/b15-6-. The molecule has 18 heavy (non-hydrogen) atoms. The van der Waals surface area contributed by atoms with Crippen molar-refractivity contribution < 1.29 is 0 Å². The Balaban J connectivity index is 2.60. The van der Waals surface area contributed by atoms with Gasteiger partial charge in [-0.2, -0.15) is 0 Å². The van der Waals surface area contributed by atoms with E-state index in [1.807, 2.05) is 0 Å². The maximum Gasteiger partial charge on any atom is 0.0361 e. The second-order valence-corrected chi connectivity index (χ2v) is 5.07. The summed E-state index contributed by atoms with van der Waals surface area (Å²) in [6.07, 6.45) is 8.79. The van der Waals surface area contributed by atoms with Gasteiger partial charge in [-0.05, 0) is 43.0 Å². The summed E-state index contributed by atoms with van der Waals surface area (Å²) in [7, 11) is 4.16. The largest absolute Gasteiger partial charge is 0.378 e. The number of allylic oxidation sites excluding steroid dienone is 2. The molecule has 0 radical (unpaired) electrons. The number of benzene rings is 1. The van der Waals surface area contributed by atoms with Gasteiger partial charge in [0, 0.05) is 19.8 Å². The van der Waals surface area contributed by atoms with Gasteiger partial charge in [0.05, 0.1) is 0 Å². The van der Waals surface area contributed by atoms with E-state index in [1.54, 1.807) is 0 Å². The molecule has 0 saturated heterocycles. The average molecular weight is 245 g/mol. The maximum absolute atomic E-state index is 2.26. The van der Waals surface area contributed by atoms with E-state index in [1.165, 1.54) is 48.9 Å². The molecule has 1 aromatic rings. The molecule has 0 unspecified atom stereocenters. The van der Waals surface area contributed by atoms with Gasteiger partial charge >= 0.3 is 0 Å². The molecule has 0 fully saturated rings. The minimum Gasteiger partial charge on any atom is -0.378 e. The van der Waals surface area contributed by atoms with Crippen molar-refractivity contribution in [2.45, 2.75) is 46.0 Å². The zero-order valence-electron chi connectivity index (χ0n) is 12.4. The van der Waals surface area contributed by atoms with E-state index in [4.69, 9.17) is 0 Å². The van der Waals surface area contributed by atoms with E-state index >= 15 is 0 Å². The van der Waals surface area contributed by atoms with Crippen LogP contribution in [0.25, 0.3) is 5.57 Å². The molecule has 0 bridgehead atoms. The number of hydrogen-bond donors (Lipinski definition) is 0. The van der Waals surface area contributed by atoms with Crippen molar-refractivity contribution in [2.75, 3.05) is 19.0 Å². The SMILES string of the molecule is C/C=C(/CCCCCC)c1ccc(N(C)C)cc1. The minimum atomic E-state index is 1.21. The van der Waals surface area contributed by atoms with E-state index in [0.29, 0.717) is 0 Å². The van der Waals surface area contributed by atoms with Gasteiger partial charge in [0.15, 0.2) is 0 Å². The molecular formula is C17H27N. The third kappa shape index (κ3) is 4.56. The highest BCUT2D eigenvalue weighted by molar-refractivity contribution is 5.67. The van der Waals surface area contributed by atoms with Crippen molar-refractivity contribution in [1.29, 1.82) is 0 Å². The first-order chi connectivity index (χ1) is 8.69. The van der Waals surface area contributed by atoms with Gasteiger partial charge in [0.2, 0.25) is 0 Å². The molecule has 0 amide bonds. The van der Waals surface area contributed by atoms with E-state index < -0.39 is 0 Å². The Morgan fingerprint density at radius 1 is 1.06 bits per heavy atom. The first-order valence-electron chi connectivity index (χ1n) is 7.12. The molecule has 1 rings (SSSR count). The number of unbranched alkanes of at least 4 members (excludes halogenated alkanes) is 3. The predicted octanol–water partition coefficient (Wildman–Crippen LogP) is 5.13. The lowest BCUT2D eigenvalue weighted by molar-refractivity contribution is 0.678. The van der Waals surface area contributed by atoms with Crippen molar-refractivity contribution in [3.05, 3.63) is 35.9 Å². The third-order valence-electron chi connectivity index (χ3n) is 3.40. The summed E-state index contributed by atoms with van der Waals surface area (Å²) < 4.78 is 0. The van der Waals surface area contributed by atoms with Crippen molar-refractivity contribution in [2.24, 2.45) is 0 Å². The minimum absolute atomic E-state index is 1.21. The van der Waals surface area contributed by atoms with Crippen molar-refractivity contribution in [3.63, 3.8) is 0 Å². The van der Waals surface area contributed by atoms with Crippen molar-refractivity contribution in [3.8, 4) is 0 Å². The molecule has 1 heteroatoms. The lowest BCUT2D eigenvalue weighted by Gasteiger charge is -2.14. The fourth-order valence-corrected chi connectivity index (χ4v) is 2.17. The second-order valence-electron chi connectivity index (χ2n) is 5.07. The molecule has 1 aromatic carbocycles. The van der Waals surface area contributed by atoms with Crippen LogP contribution in [-0.2, 0) is 0 Å². The van der Waals surface area contributed by atoms with Crippen LogP contribution in [-0.4, -0.2) is 14.1 Å². The number of hydrogen-bond acceptors (Lipinski definition) is 1. The molecule has 0 aromatic heterocycles. The highest BCUT2D eigenvalue weighted by atomic mass is 15.1. The summed E-state index contributed by atoms with van der Waals surface area (Å²) in [6.45, 7) is 4.41. The van der Waals surface area contributed by atoms with E-state index in [-0.39, 0.29) is 0 Å². The van der Waals surface area contributed by atoms with E-state index in [9.17, 15) is 0 Å².